The van der Waals surface area contributed by atoms with Gasteiger partial charge in [-0.2, -0.15) is 4.31 Å². The second-order valence-electron chi connectivity index (χ2n) is 17.4. The number of ether oxygens (including phenoxy) is 4. The first-order chi connectivity index (χ1) is 29.4. The number of sulfonamides is 1. The van der Waals surface area contributed by atoms with Gasteiger partial charge in [0, 0.05) is 44.8 Å². The second-order valence-corrected chi connectivity index (χ2v) is 20.3. The Balaban J connectivity index is 1.11. The summed E-state index contributed by atoms with van der Waals surface area (Å²) in [6.45, 7) is 9.17. The molecule has 61 heavy (non-hydrogen) atoms. The Hall–Kier alpha value is -3.45. The van der Waals surface area contributed by atoms with Gasteiger partial charge in [-0.25, -0.2) is 27.0 Å². The van der Waals surface area contributed by atoms with E-state index in [0.29, 0.717) is 72.9 Å². The molecule has 1 aromatic heterocycles. The Kier molecular flexibility index (Phi) is 13.8. The fourth-order valence-corrected chi connectivity index (χ4v) is 12.1. The van der Waals surface area contributed by atoms with Gasteiger partial charge < -0.3 is 39.6 Å². The van der Waals surface area contributed by atoms with Crippen LogP contribution >= 0.6 is 11.3 Å². The van der Waals surface area contributed by atoms with Crippen molar-refractivity contribution in [3.05, 3.63) is 59.8 Å². The molecule has 3 aliphatic heterocycles. The monoisotopic (exact) mass is 887 g/mol. The van der Waals surface area contributed by atoms with E-state index in [9.17, 15) is 18.3 Å². The average molecular weight is 888 g/mol. The number of nitrogens with zero attached hydrogens (tertiary/aromatic N) is 3. The Morgan fingerprint density at radius 3 is 2.66 bits per heavy atom. The van der Waals surface area contributed by atoms with Gasteiger partial charge in [0.15, 0.2) is 11.4 Å². The van der Waals surface area contributed by atoms with Crippen LogP contribution in [-0.4, -0.2) is 98.9 Å². The van der Waals surface area contributed by atoms with Crippen molar-refractivity contribution in [3.63, 3.8) is 0 Å². The normalized spacial score (nSPS) is 28.0. The number of fused-ring (bicyclic) bond motifs is 3. The lowest BCUT2D eigenvalue weighted by atomic mass is 9.83. The Bertz CT molecular complexity index is 2160. The Labute approximate surface area is 361 Å². The van der Waals surface area contributed by atoms with Gasteiger partial charge in [0.05, 0.1) is 58.7 Å². The second kappa shape index (κ2) is 19.1. The number of rotatable bonds is 13. The lowest BCUT2D eigenvalue weighted by Crippen LogP contribution is -2.52. The maximum absolute atomic E-state index is 15.6. The highest BCUT2D eigenvalue weighted by molar-refractivity contribution is 7.89. The van der Waals surface area contributed by atoms with Crippen LogP contribution in [0.4, 0.5) is 24.4 Å². The van der Waals surface area contributed by atoms with Crippen molar-refractivity contribution in [3.8, 4) is 0 Å². The van der Waals surface area contributed by atoms with Crippen LogP contribution in [-0.2, 0) is 42.0 Å². The molecule has 4 heterocycles. The SMILES string of the molecule is C=CN(CC)c1c(F)cc(F)cc1C[C@H](NC(=O)O[C@H]1CCO[C@H]2OC[C@H](C3CC3C)[C@H]21)[C@H](O)CN1CCCCCCCOCc2cc3nc(NC4CC4)sc3cc2S1(=O)=O. The molecule has 5 aliphatic rings. The molecule has 3 aromatic rings. The molecule has 8 rings (SSSR count). The first-order valence-corrected chi connectivity index (χ1v) is 24.2. The van der Waals surface area contributed by atoms with E-state index in [0.717, 1.165) is 62.2 Å². The molecule has 2 unspecified atom stereocenters. The number of benzene rings is 2. The Morgan fingerprint density at radius 2 is 1.90 bits per heavy atom. The maximum atomic E-state index is 15.6. The molecule has 2 saturated heterocycles. The van der Waals surface area contributed by atoms with E-state index < -0.39 is 58.8 Å². The van der Waals surface area contributed by atoms with E-state index >= 15 is 8.78 Å². The molecule has 17 heteroatoms. The molecule has 4 fully saturated rings. The largest absolute Gasteiger partial charge is 0.446 e. The molecule has 0 bridgehead atoms. The summed E-state index contributed by atoms with van der Waals surface area (Å²) in [5.74, 6) is -0.688. The fourth-order valence-electron chi connectivity index (χ4n) is 9.35. The molecule has 8 atom stereocenters. The lowest BCUT2D eigenvalue weighted by Gasteiger charge is -2.36. The van der Waals surface area contributed by atoms with Crippen LogP contribution in [0.25, 0.3) is 10.2 Å². The van der Waals surface area contributed by atoms with Crippen LogP contribution in [0.2, 0.25) is 0 Å². The molecule has 0 radical (unpaired) electrons. The summed E-state index contributed by atoms with van der Waals surface area (Å²) in [5, 5.41) is 19.2. The number of halogens is 2. The molecular weight excluding hydrogens is 829 g/mol. The number of aliphatic hydroxyl groups excluding tert-OH is 1. The predicted octanol–water partition coefficient (Wildman–Crippen LogP) is 7.32. The number of thiazole rings is 1. The molecule has 2 aliphatic carbocycles. The van der Waals surface area contributed by atoms with Crippen LogP contribution in [0.5, 0.6) is 0 Å². The number of amides is 1. The van der Waals surface area contributed by atoms with E-state index in [-0.39, 0.29) is 47.6 Å². The number of alkyl carbamates (subject to hydrolysis) is 1. The standard InChI is InChI=1S/C44H59F2N5O8S2/c1-4-50(5-2)41-27(18-29(45)21-33(41)46)19-34(49-44(53)59-37-13-16-57-42-40(37)32(25-58-42)31-17-26(31)3)36(52)23-51-14-9-7-6-8-10-15-56-24-28-20-35-38(22-39(28)61(51,54)55)60-43(48-35)47-30-11-12-30/h4,18,20-22,26,30-32,34,36-37,40,42,52H,1,5-17,19,23-25H2,2-3H3,(H,47,48)(H,49,53)/t26?,31?,32-,34+,36-,37+,40+,42+/m1/s1. The summed E-state index contributed by atoms with van der Waals surface area (Å²) in [6.07, 6.45) is 5.33. The molecule has 334 valence electrons. The third-order valence-corrected chi connectivity index (χ3v) is 15.9. The minimum atomic E-state index is -4.29. The predicted molar refractivity (Wildman–Crippen MR) is 229 cm³/mol. The minimum Gasteiger partial charge on any atom is -0.446 e. The number of carbonyl (C=O) groups is 1. The molecular formula is C44H59F2N5O8S2. The van der Waals surface area contributed by atoms with Crippen molar-refractivity contribution in [1.82, 2.24) is 14.6 Å². The number of hydrogen-bond acceptors (Lipinski definition) is 12. The van der Waals surface area contributed by atoms with E-state index in [1.165, 1.54) is 26.7 Å². The summed E-state index contributed by atoms with van der Waals surface area (Å²) in [7, 11) is -4.29. The number of aromatic nitrogens is 1. The van der Waals surface area contributed by atoms with E-state index in [1.54, 1.807) is 19.1 Å². The number of hydrogen-bond donors (Lipinski definition) is 3. The first kappa shape index (κ1) is 44.2. The first-order valence-electron chi connectivity index (χ1n) is 22.0. The number of aliphatic hydroxyl groups is 1. The van der Waals surface area contributed by atoms with Gasteiger partial charge in [0.2, 0.25) is 10.0 Å². The smallest absolute Gasteiger partial charge is 0.407 e. The lowest BCUT2D eigenvalue weighted by molar-refractivity contribution is -0.182. The highest BCUT2D eigenvalue weighted by Gasteiger charge is 2.54. The molecule has 0 spiro atoms. The van der Waals surface area contributed by atoms with Crippen LogP contribution < -0.4 is 15.5 Å². The fraction of sp³-hybridized carbons (Fsp3) is 0.636. The van der Waals surface area contributed by atoms with Crippen molar-refractivity contribution in [1.29, 1.82) is 0 Å². The van der Waals surface area contributed by atoms with Gasteiger partial charge in [-0.1, -0.05) is 44.1 Å². The minimum absolute atomic E-state index is 0.0380. The van der Waals surface area contributed by atoms with Gasteiger partial charge in [0.1, 0.15) is 17.7 Å². The third-order valence-electron chi connectivity index (χ3n) is 13.0. The van der Waals surface area contributed by atoms with Crippen molar-refractivity contribution in [2.75, 3.05) is 49.7 Å². The van der Waals surface area contributed by atoms with Crippen molar-refractivity contribution < 1.29 is 46.0 Å². The molecule has 2 saturated carbocycles. The molecule has 1 amide bonds. The zero-order valence-electron chi connectivity index (χ0n) is 35.0. The summed E-state index contributed by atoms with van der Waals surface area (Å²) in [6, 6.07) is 4.48. The molecule has 3 N–H and O–H groups in total. The third kappa shape index (κ3) is 10.2. The highest BCUT2D eigenvalue weighted by Crippen LogP contribution is 2.52. The van der Waals surface area contributed by atoms with Gasteiger partial charge >= 0.3 is 6.09 Å². The molecule has 2 aromatic carbocycles. The summed E-state index contributed by atoms with van der Waals surface area (Å²) >= 11 is 1.39. The quantitative estimate of drug-likeness (QED) is 0.158. The zero-order chi connectivity index (χ0) is 42.8. The van der Waals surface area contributed by atoms with Gasteiger partial charge in [-0.3, -0.25) is 0 Å². The van der Waals surface area contributed by atoms with E-state index in [4.69, 9.17) is 23.9 Å². The van der Waals surface area contributed by atoms with Crippen molar-refractivity contribution in [2.24, 2.45) is 23.7 Å². The van der Waals surface area contributed by atoms with Gasteiger partial charge in [0.25, 0.3) is 0 Å². The van der Waals surface area contributed by atoms with Crippen LogP contribution in [0, 0.1) is 35.3 Å². The number of carbonyl (C=O) groups excluding carboxylic acids is 1. The van der Waals surface area contributed by atoms with Gasteiger partial charge in [-0.15, -0.1) is 0 Å². The van der Waals surface area contributed by atoms with Crippen LogP contribution in [0.3, 0.4) is 0 Å². The summed E-state index contributed by atoms with van der Waals surface area (Å²) in [5.41, 5.74) is 1.32. The summed E-state index contributed by atoms with van der Waals surface area (Å²) < 4.78 is 86.6. The van der Waals surface area contributed by atoms with Crippen LogP contribution in [0.15, 0.2) is 41.9 Å². The number of anilines is 2. The zero-order valence-corrected chi connectivity index (χ0v) is 36.7. The number of β-amino-alcohol motifs (C(OH)–C–C–N with tert-alkyl or cyclic N) is 1. The van der Waals surface area contributed by atoms with E-state index in [2.05, 4.69) is 24.1 Å². The average Bonchev–Trinajstić information content (AvgIpc) is 4.09. The molecule has 13 nitrogen and oxygen atoms in total. The van der Waals surface area contributed by atoms with E-state index in [1.807, 2.05) is 0 Å². The number of nitrogens with one attached hydrogen (secondary N) is 2. The van der Waals surface area contributed by atoms with Crippen LogP contribution in [0.1, 0.15) is 82.8 Å². The van der Waals surface area contributed by atoms with Crippen molar-refractivity contribution in [2.45, 2.75) is 120 Å². The van der Waals surface area contributed by atoms with Crippen molar-refractivity contribution >= 4 is 48.5 Å². The Morgan fingerprint density at radius 1 is 1.11 bits per heavy atom. The maximum Gasteiger partial charge on any atom is 0.407 e. The topological polar surface area (TPSA) is 152 Å². The highest BCUT2D eigenvalue weighted by atomic mass is 32.2. The summed E-state index contributed by atoms with van der Waals surface area (Å²) in [4.78, 5) is 20.4. The van der Waals surface area contributed by atoms with Gasteiger partial charge in [-0.05, 0) is 98.7 Å².